The van der Waals surface area contributed by atoms with Crippen molar-refractivity contribution in [3.8, 4) is 0 Å². The lowest BCUT2D eigenvalue weighted by Crippen LogP contribution is -2.41. The largest absolute Gasteiger partial charge is 0.478 e. The molecule has 12 heteroatoms. The maximum absolute atomic E-state index is 13.4. The van der Waals surface area contributed by atoms with Gasteiger partial charge in [-0.1, -0.05) is 59.6 Å². The summed E-state index contributed by atoms with van der Waals surface area (Å²) in [6.07, 6.45) is -3.20. The number of carboxylic acids is 2. The highest BCUT2D eigenvalue weighted by molar-refractivity contribution is 6.33. The monoisotopic (exact) mass is 520 g/mol. The van der Waals surface area contributed by atoms with Crippen LogP contribution in [0.25, 0.3) is 0 Å². The van der Waals surface area contributed by atoms with Crippen LogP contribution in [-0.2, 0) is 19.1 Å². The fraction of sp³-hybridized carbons (Fsp3) is 0.273. The smallest absolute Gasteiger partial charge is 0.361 e. The zero-order valence-electron chi connectivity index (χ0n) is 17.8. The van der Waals surface area contributed by atoms with E-state index in [0.717, 1.165) is 13.8 Å². The summed E-state index contributed by atoms with van der Waals surface area (Å²) in [4.78, 5) is 43.9. The first kappa shape index (κ1) is 28.8. The molecular formula is C22H20Cl2F2O8. The van der Waals surface area contributed by atoms with Gasteiger partial charge in [0.05, 0.1) is 11.1 Å². The molecule has 2 aromatic rings. The number of alkyl halides is 4. The fourth-order valence-electron chi connectivity index (χ4n) is 2.10. The molecule has 0 radical (unpaired) electrons. The summed E-state index contributed by atoms with van der Waals surface area (Å²) in [5, 5.41) is 10.7. The molecular weight excluding hydrogens is 501 g/mol. The average Bonchev–Trinajstić information content (AvgIpc) is 2.80. The number of esters is 2. The molecule has 2 N–H and O–H groups in total. The Kier molecular flexibility index (Phi) is 10.4. The quantitative estimate of drug-likeness (QED) is 0.386. The molecule has 0 aliphatic heterocycles. The minimum atomic E-state index is -3.13. The van der Waals surface area contributed by atoms with Gasteiger partial charge < -0.3 is 19.7 Å². The first-order valence-electron chi connectivity index (χ1n) is 9.45. The predicted octanol–water partition coefficient (Wildman–Crippen LogP) is 4.44. The van der Waals surface area contributed by atoms with E-state index in [1.165, 1.54) is 24.3 Å². The van der Waals surface area contributed by atoms with E-state index >= 15 is 0 Å². The third-order valence-corrected chi connectivity index (χ3v) is 5.12. The zero-order chi connectivity index (χ0) is 26.1. The van der Waals surface area contributed by atoms with Crippen LogP contribution in [0, 0.1) is 0 Å². The number of hydrogen-bond acceptors (Lipinski definition) is 6. The fourth-order valence-corrected chi connectivity index (χ4v) is 2.19. The van der Waals surface area contributed by atoms with Crippen molar-refractivity contribution in [1.82, 2.24) is 0 Å². The third-order valence-electron chi connectivity index (χ3n) is 4.18. The summed E-state index contributed by atoms with van der Waals surface area (Å²) in [6.45, 7) is 2.14. The highest BCUT2D eigenvalue weighted by Crippen LogP contribution is 2.26. The van der Waals surface area contributed by atoms with Crippen LogP contribution in [0.1, 0.15) is 34.6 Å². The minimum absolute atomic E-state index is 0.192. The van der Waals surface area contributed by atoms with Crippen molar-refractivity contribution in [3.05, 3.63) is 71.8 Å². The van der Waals surface area contributed by atoms with Crippen LogP contribution in [0.3, 0.4) is 0 Å². The van der Waals surface area contributed by atoms with Crippen LogP contribution < -0.4 is 0 Å². The van der Waals surface area contributed by atoms with Gasteiger partial charge >= 0.3 is 34.1 Å². The molecule has 184 valence electrons. The Labute approximate surface area is 203 Å². The molecule has 4 atom stereocenters. The van der Waals surface area contributed by atoms with Gasteiger partial charge in [0.2, 0.25) is 0 Å². The summed E-state index contributed by atoms with van der Waals surface area (Å²) in [5.74, 6) is -5.45. The van der Waals surface area contributed by atoms with E-state index in [0.29, 0.717) is 0 Å². The van der Waals surface area contributed by atoms with Crippen LogP contribution in [0.15, 0.2) is 60.7 Å². The Morgan fingerprint density at radius 3 is 1.21 bits per heavy atom. The van der Waals surface area contributed by atoms with Crippen molar-refractivity contribution in [2.45, 2.75) is 36.3 Å². The van der Waals surface area contributed by atoms with Crippen LogP contribution in [0.2, 0.25) is 0 Å². The van der Waals surface area contributed by atoms with E-state index in [4.69, 9.17) is 33.4 Å². The van der Waals surface area contributed by atoms with Gasteiger partial charge in [-0.2, -0.15) is 0 Å². The van der Waals surface area contributed by atoms with Crippen molar-refractivity contribution in [2.75, 3.05) is 0 Å². The van der Waals surface area contributed by atoms with Crippen LogP contribution >= 0.6 is 23.2 Å². The van der Waals surface area contributed by atoms with E-state index in [9.17, 15) is 28.0 Å². The van der Waals surface area contributed by atoms with Gasteiger partial charge in [0.15, 0.2) is 12.2 Å². The number of carbonyl (C=O) groups excluding carboxylic acids is 2. The Morgan fingerprint density at radius 2 is 0.971 bits per heavy atom. The molecule has 0 aliphatic rings. The molecule has 2 aromatic carbocycles. The van der Waals surface area contributed by atoms with E-state index in [2.05, 4.69) is 9.47 Å². The minimum Gasteiger partial charge on any atom is -0.478 e. The van der Waals surface area contributed by atoms with Crippen LogP contribution in [0.5, 0.6) is 0 Å². The number of carboxylic acid groups (broad SMARTS) is 2. The topological polar surface area (TPSA) is 127 Å². The number of halogens is 4. The molecule has 0 saturated carbocycles. The van der Waals surface area contributed by atoms with Gasteiger partial charge in [-0.3, -0.25) is 0 Å². The highest BCUT2D eigenvalue weighted by Gasteiger charge is 2.46. The van der Waals surface area contributed by atoms with Gasteiger partial charge in [0, 0.05) is 0 Å². The number of benzene rings is 2. The maximum Gasteiger partial charge on any atom is 0.361 e. The van der Waals surface area contributed by atoms with Crippen molar-refractivity contribution in [1.29, 1.82) is 0 Å². The summed E-state index contributed by atoms with van der Waals surface area (Å²) in [7, 11) is 0. The number of carbonyl (C=O) groups is 4. The van der Waals surface area contributed by atoms with Gasteiger partial charge in [0.25, 0.3) is 0 Å². The molecule has 0 unspecified atom stereocenters. The lowest BCUT2D eigenvalue weighted by molar-refractivity contribution is -0.151. The lowest BCUT2D eigenvalue weighted by atomic mass is 10.2. The second-order valence-electron chi connectivity index (χ2n) is 6.68. The third kappa shape index (κ3) is 7.96. The highest BCUT2D eigenvalue weighted by atomic mass is 35.5. The molecule has 0 bridgehead atoms. The number of hydrogen-bond donors (Lipinski definition) is 2. The van der Waals surface area contributed by atoms with Crippen LogP contribution in [0.4, 0.5) is 8.78 Å². The van der Waals surface area contributed by atoms with Crippen LogP contribution in [-0.4, -0.2) is 56.6 Å². The second kappa shape index (κ2) is 12.3. The molecule has 0 heterocycles. The first-order chi connectivity index (χ1) is 15.7. The van der Waals surface area contributed by atoms with Crippen molar-refractivity contribution in [2.24, 2.45) is 0 Å². The maximum atomic E-state index is 13.4. The average molecular weight is 521 g/mol. The Bertz CT molecular complexity index is 919. The van der Waals surface area contributed by atoms with E-state index < -0.39 is 46.3 Å². The normalized spacial score (nSPS) is 15.7. The Morgan fingerprint density at radius 1 is 0.706 bits per heavy atom. The predicted molar refractivity (Wildman–Crippen MR) is 117 cm³/mol. The number of aliphatic carboxylic acids is 2. The molecule has 0 spiro atoms. The first-order valence-corrected chi connectivity index (χ1v) is 10.2. The van der Waals surface area contributed by atoms with Crippen molar-refractivity contribution < 1.29 is 47.6 Å². The van der Waals surface area contributed by atoms with Crippen molar-refractivity contribution in [3.63, 3.8) is 0 Å². The lowest BCUT2D eigenvalue weighted by Gasteiger charge is -2.20. The van der Waals surface area contributed by atoms with E-state index in [-0.39, 0.29) is 11.1 Å². The second-order valence-corrected chi connectivity index (χ2v) is 7.78. The summed E-state index contributed by atoms with van der Waals surface area (Å²) in [5.41, 5.74) is 0.384. The van der Waals surface area contributed by atoms with E-state index in [1.54, 1.807) is 36.4 Å². The summed E-state index contributed by atoms with van der Waals surface area (Å²) < 4.78 is 36.0. The summed E-state index contributed by atoms with van der Waals surface area (Å²) >= 11 is 10.2. The molecule has 0 saturated heterocycles. The number of ether oxygens (including phenoxy) is 2. The van der Waals surface area contributed by atoms with Gasteiger partial charge in [-0.15, -0.1) is 0 Å². The molecule has 8 nitrogen and oxygen atoms in total. The van der Waals surface area contributed by atoms with Crippen molar-refractivity contribution >= 4 is 47.1 Å². The van der Waals surface area contributed by atoms with Gasteiger partial charge in [0.1, 0.15) is 0 Å². The molecule has 2 rings (SSSR count). The molecule has 0 aromatic heterocycles. The molecule has 0 amide bonds. The van der Waals surface area contributed by atoms with Gasteiger partial charge in [-0.05, 0) is 38.1 Å². The standard InChI is InChI=1S/2C11H10ClFO4/c2*1-7(11(12,13)10(15)16)17-9(14)8-5-3-2-4-6-8/h2*2-7H,1H3,(H,15,16)/t2*7-,11+/m00/s1. The number of rotatable bonds is 8. The summed E-state index contributed by atoms with van der Waals surface area (Å²) in [6, 6.07) is 15.6. The molecule has 0 fully saturated rings. The Hall–Kier alpha value is -3.24. The van der Waals surface area contributed by atoms with Gasteiger partial charge in [-0.25, -0.2) is 28.0 Å². The zero-order valence-corrected chi connectivity index (χ0v) is 19.3. The molecule has 0 aliphatic carbocycles. The SMILES string of the molecule is C[C@H](OC(=O)c1ccccc1)[C@](F)(Cl)C(=O)O.C[C@H](OC(=O)c1ccccc1)[C@](F)(Cl)C(=O)O. The Balaban J connectivity index is 0.000000340. The van der Waals surface area contributed by atoms with E-state index in [1.807, 2.05) is 0 Å². The molecule has 34 heavy (non-hydrogen) atoms.